The minimum absolute atomic E-state index is 0.127. The van der Waals surface area contributed by atoms with E-state index in [4.69, 9.17) is 16.9 Å². The molecular weight excluding hydrogens is 490 g/mol. The normalized spacial score (nSPS) is 23.0. The molecular formula is C28H28ClN5O3. The quantitative estimate of drug-likeness (QED) is 0.626. The zero-order chi connectivity index (χ0) is 25.7. The van der Waals surface area contributed by atoms with E-state index < -0.39 is 6.04 Å². The number of hydrogen-bond donors (Lipinski definition) is 1. The number of nitriles is 1. The molecule has 1 spiro atoms. The lowest BCUT2D eigenvalue weighted by molar-refractivity contribution is -0.136. The zero-order valence-corrected chi connectivity index (χ0v) is 21.3. The van der Waals surface area contributed by atoms with Crippen LogP contribution in [0.2, 0.25) is 5.02 Å². The smallest absolute Gasteiger partial charge is 0.255 e. The van der Waals surface area contributed by atoms with Crippen LogP contribution in [0.3, 0.4) is 0 Å². The van der Waals surface area contributed by atoms with Gasteiger partial charge in [0.1, 0.15) is 12.1 Å². The lowest BCUT2D eigenvalue weighted by Crippen LogP contribution is -2.60. The highest BCUT2D eigenvalue weighted by molar-refractivity contribution is 6.31. The Bertz CT molecular complexity index is 1340. The summed E-state index contributed by atoms with van der Waals surface area (Å²) in [5.41, 5.74) is 4.65. The molecule has 190 valence electrons. The van der Waals surface area contributed by atoms with Gasteiger partial charge in [-0.25, -0.2) is 0 Å². The van der Waals surface area contributed by atoms with Crippen molar-refractivity contribution in [3.8, 4) is 6.07 Å². The highest BCUT2D eigenvalue weighted by atomic mass is 35.5. The molecule has 3 saturated heterocycles. The molecule has 6 rings (SSSR count). The van der Waals surface area contributed by atoms with E-state index in [9.17, 15) is 14.4 Å². The topological polar surface area (TPSA) is 96.8 Å². The largest absolute Gasteiger partial charge is 0.370 e. The van der Waals surface area contributed by atoms with Crippen molar-refractivity contribution in [1.82, 2.24) is 15.1 Å². The van der Waals surface area contributed by atoms with Gasteiger partial charge in [-0.2, -0.15) is 5.26 Å². The van der Waals surface area contributed by atoms with E-state index in [1.165, 1.54) is 0 Å². The van der Waals surface area contributed by atoms with E-state index in [0.29, 0.717) is 29.1 Å². The molecule has 3 fully saturated rings. The van der Waals surface area contributed by atoms with Crippen LogP contribution in [-0.4, -0.2) is 59.7 Å². The van der Waals surface area contributed by atoms with Crippen molar-refractivity contribution in [2.24, 2.45) is 5.41 Å². The summed E-state index contributed by atoms with van der Waals surface area (Å²) in [6, 6.07) is 13.0. The second kappa shape index (κ2) is 9.16. The van der Waals surface area contributed by atoms with Crippen LogP contribution in [0.5, 0.6) is 0 Å². The van der Waals surface area contributed by atoms with Gasteiger partial charge in [0.25, 0.3) is 5.91 Å². The van der Waals surface area contributed by atoms with Gasteiger partial charge < -0.3 is 9.80 Å². The van der Waals surface area contributed by atoms with Crippen molar-refractivity contribution in [3.05, 3.63) is 63.7 Å². The van der Waals surface area contributed by atoms with Crippen LogP contribution < -0.4 is 10.2 Å². The first-order chi connectivity index (χ1) is 17.9. The predicted molar refractivity (Wildman–Crippen MR) is 138 cm³/mol. The van der Waals surface area contributed by atoms with E-state index in [1.54, 1.807) is 11.0 Å². The van der Waals surface area contributed by atoms with Gasteiger partial charge in [0.2, 0.25) is 11.8 Å². The Hall–Kier alpha value is -3.41. The van der Waals surface area contributed by atoms with E-state index in [-0.39, 0.29) is 29.6 Å². The number of carbonyl (C=O) groups is 3. The summed E-state index contributed by atoms with van der Waals surface area (Å²) in [5, 5.41) is 12.0. The van der Waals surface area contributed by atoms with Gasteiger partial charge in [0, 0.05) is 54.8 Å². The molecule has 0 radical (unpaired) electrons. The summed E-state index contributed by atoms with van der Waals surface area (Å²) in [6.45, 7) is 5.19. The number of likely N-dealkylation sites (tertiary alicyclic amines) is 1. The number of fused-ring (bicyclic) bond motifs is 1. The number of imide groups is 1. The van der Waals surface area contributed by atoms with Crippen molar-refractivity contribution in [2.45, 2.75) is 44.8 Å². The van der Waals surface area contributed by atoms with Crippen LogP contribution in [0.15, 0.2) is 36.4 Å². The third-order valence-corrected chi connectivity index (χ3v) is 8.74. The number of hydrogen-bond acceptors (Lipinski definition) is 6. The molecule has 4 heterocycles. The lowest BCUT2D eigenvalue weighted by atomic mass is 9.71. The van der Waals surface area contributed by atoms with Crippen molar-refractivity contribution < 1.29 is 14.4 Å². The molecule has 9 heteroatoms. The molecule has 37 heavy (non-hydrogen) atoms. The maximum absolute atomic E-state index is 13.2. The molecule has 0 saturated carbocycles. The summed E-state index contributed by atoms with van der Waals surface area (Å²) in [5.74, 6) is -0.779. The number of anilines is 1. The van der Waals surface area contributed by atoms with Crippen LogP contribution >= 0.6 is 11.6 Å². The molecule has 3 amide bonds. The molecule has 0 bridgehead atoms. The summed E-state index contributed by atoms with van der Waals surface area (Å²) in [6.07, 6.45) is 2.86. The number of carbonyl (C=O) groups excluding carboxylic acids is 3. The van der Waals surface area contributed by atoms with Crippen molar-refractivity contribution in [2.75, 3.05) is 31.1 Å². The van der Waals surface area contributed by atoms with Gasteiger partial charge in [-0.3, -0.25) is 24.6 Å². The number of amides is 3. The second-order valence-corrected chi connectivity index (χ2v) is 11.2. The van der Waals surface area contributed by atoms with Gasteiger partial charge in [0.15, 0.2) is 0 Å². The maximum Gasteiger partial charge on any atom is 0.255 e. The summed E-state index contributed by atoms with van der Waals surface area (Å²) < 4.78 is 0. The summed E-state index contributed by atoms with van der Waals surface area (Å²) in [4.78, 5) is 43.6. The standard InChI is InChI=1S/C28H28ClN5O3/c29-22-12-18(4-5-19(22)13-30)14-32-10-8-28(9-11-32)16-33(17-28)23-3-1-2-20-21(23)15-34(27(20)37)24-6-7-25(35)31-26(24)36/h1-5,12,24H,6-11,14-17H2,(H,31,35,36). The molecule has 8 nitrogen and oxygen atoms in total. The molecule has 1 N–H and O–H groups in total. The highest BCUT2D eigenvalue weighted by Gasteiger charge is 2.47. The number of rotatable bonds is 4. The third-order valence-electron chi connectivity index (χ3n) is 8.43. The van der Waals surface area contributed by atoms with Gasteiger partial charge in [-0.15, -0.1) is 0 Å². The first-order valence-electron chi connectivity index (χ1n) is 12.8. The van der Waals surface area contributed by atoms with Crippen LogP contribution in [0.1, 0.15) is 52.7 Å². The van der Waals surface area contributed by atoms with Crippen molar-refractivity contribution in [1.29, 1.82) is 5.26 Å². The average Bonchev–Trinajstić information content (AvgIpc) is 3.20. The second-order valence-electron chi connectivity index (χ2n) is 10.8. The van der Waals surface area contributed by atoms with E-state index >= 15 is 0 Å². The molecule has 4 aliphatic rings. The van der Waals surface area contributed by atoms with E-state index in [1.807, 2.05) is 24.3 Å². The van der Waals surface area contributed by atoms with Gasteiger partial charge in [-0.05, 0) is 62.2 Å². The van der Waals surface area contributed by atoms with Crippen LogP contribution in [0, 0.1) is 16.7 Å². The van der Waals surface area contributed by atoms with Gasteiger partial charge in [0.05, 0.1) is 10.6 Å². The third kappa shape index (κ3) is 4.26. The zero-order valence-electron chi connectivity index (χ0n) is 20.5. The number of benzene rings is 2. The summed E-state index contributed by atoms with van der Waals surface area (Å²) in [7, 11) is 0. The molecule has 0 aromatic heterocycles. The number of nitrogens with one attached hydrogen (secondary N) is 1. The van der Waals surface area contributed by atoms with E-state index in [2.05, 4.69) is 27.3 Å². The Kier molecular flexibility index (Phi) is 5.93. The molecule has 2 aromatic carbocycles. The number of halogens is 1. The fraction of sp³-hybridized carbons (Fsp3) is 0.429. The molecule has 0 aliphatic carbocycles. The monoisotopic (exact) mass is 517 g/mol. The molecule has 1 atom stereocenters. The predicted octanol–water partition coefficient (Wildman–Crippen LogP) is 3.08. The Labute approximate surface area is 220 Å². The minimum Gasteiger partial charge on any atom is -0.370 e. The number of nitrogens with zero attached hydrogens (tertiary/aromatic N) is 4. The molecule has 2 aromatic rings. The Morgan fingerprint density at radius 3 is 2.59 bits per heavy atom. The maximum atomic E-state index is 13.2. The molecule has 1 unspecified atom stereocenters. The van der Waals surface area contributed by atoms with Crippen molar-refractivity contribution >= 4 is 35.0 Å². The van der Waals surface area contributed by atoms with E-state index in [0.717, 1.165) is 62.4 Å². The lowest BCUT2D eigenvalue weighted by Gasteiger charge is -2.55. The van der Waals surface area contributed by atoms with Gasteiger partial charge >= 0.3 is 0 Å². The Morgan fingerprint density at radius 1 is 1.11 bits per heavy atom. The first-order valence-corrected chi connectivity index (χ1v) is 13.2. The Morgan fingerprint density at radius 2 is 1.89 bits per heavy atom. The van der Waals surface area contributed by atoms with Crippen LogP contribution in [0.25, 0.3) is 0 Å². The fourth-order valence-electron chi connectivity index (χ4n) is 6.31. The SMILES string of the molecule is N#Cc1ccc(CN2CCC3(CC2)CN(c2cccc4c2CN(C2CCC(=O)NC2=O)C4=O)C3)cc1Cl. The fourth-order valence-corrected chi connectivity index (χ4v) is 6.55. The number of piperidine rings is 2. The van der Waals surface area contributed by atoms with Crippen molar-refractivity contribution in [3.63, 3.8) is 0 Å². The Balaban J connectivity index is 1.08. The highest BCUT2D eigenvalue weighted by Crippen LogP contribution is 2.45. The first kappa shape index (κ1) is 24.0. The average molecular weight is 518 g/mol. The minimum atomic E-state index is -0.594. The van der Waals surface area contributed by atoms with Gasteiger partial charge in [-0.1, -0.05) is 23.7 Å². The van der Waals surface area contributed by atoms with Crippen LogP contribution in [0.4, 0.5) is 5.69 Å². The van der Waals surface area contributed by atoms with Crippen LogP contribution in [-0.2, 0) is 22.7 Å². The summed E-state index contributed by atoms with van der Waals surface area (Å²) >= 11 is 6.21. The molecule has 4 aliphatic heterocycles.